The van der Waals surface area contributed by atoms with Gasteiger partial charge in [0.05, 0.1) is 11.8 Å². The first-order chi connectivity index (χ1) is 10.6. The van der Waals surface area contributed by atoms with Gasteiger partial charge in [-0.3, -0.25) is 4.79 Å². The SMILES string of the molecule is Cc1cc(N)nc(SCC(=O)N2CCC[C@@H]2c2ccsc2)n1. The summed E-state index contributed by atoms with van der Waals surface area (Å²) in [6.45, 7) is 2.70. The van der Waals surface area contributed by atoms with Crippen molar-refractivity contribution in [1.29, 1.82) is 0 Å². The van der Waals surface area contributed by atoms with Gasteiger partial charge in [0, 0.05) is 18.3 Å². The van der Waals surface area contributed by atoms with Crippen LogP contribution < -0.4 is 5.73 Å². The molecule has 2 N–H and O–H groups in total. The molecule has 1 aliphatic heterocycles. The van der Waals surface area contributed by atoms with Crippen LogP contribution in [0.15, 0.2) is 28.0 Å². The van der Waals surface area contributed by atoms with Gasteiger partial charge >= 0.3 is 0 Å². The number of hydrogen-bond acceptors (Lipinski definition) is 6. The summed E-state index contributed by atoms with van der Waals surface area (Å²) in [5, 5.41) is 4.76. The van der Waals surface area contributed by atoms with Gasteiger partial charge in [0.2, 0.25) is 5.91 Å². The molecule has 0 unspecified atom stereocenters. The standard InChI is InChI=1S/C15H18N4OS2/c1-10-7-13(16)18-15(17-10)22-9-14(20)19-5-2-3-12(19)11-4-6-21-8-11/h4,6-8,12H,2-3,5,9H2,1H3,(H2,16,17,18)/t12-/m1/s1. The molecule has 3 rings (SSSR count). The third-order valence-corrected chi connectivity index (χ3v) is 5.21. The van der Waals surface area contributed by atoms with Crippen LogP contribution in [0.3, 0.4) is 0 Å². The van der Waals surface area contributed by atoms with Crippen molar-refractivity contribution < 1.29 is 4.79 Å². The van der Waals surface area contributed by atoms with Crippen LogP contribution in [-0.4, -0.2) is 33.1 Å². The number of nitrogens with two attached hydrogens (primary N) is 1. The second-order valence-electron chi connectivity index (χ2n) is 5.31. The van der Waals surface area contributed by atoms with Gasteiger partial charge in [0.1, 0.15) is 5.82 Å². The molecule has 22 heavy (non-hydrogen) atoms. The van der Waals surface area contributed by atoms with E-state index in [4.69, 9.17) is 5.73 Å². The number of nitrogen functional groups attached to an aromatic ring is 1. The molecule has 0 radical (unpaired) electrons. The second-order valence-corrected chi connectivity index (χ2v) is 7.03. The lowest BCUT2D eigenvalue weighted by atomic mass is 10.1. The number of thioether (sulfide) groups is 1. The Bertz CT molecular complexity index is 639. The quantitative estimate of drug-likeness (QED) is 0.687. The third-order valence-electron chi connectivity index (χ3n) is 3.68. The summed E-state index contributed by atoms with van der Waals surface area (Å²) >= 11 is 3.03. The zero-order valence-corrected chi connectivity index (χ0v) is 14.0. The molecule has 0 aliphatic carbocycles. The first-order valence-corrected chi connectivity index (χ1v) is 9.12. The monoisotopic (exact) mass is 334 g/mol. The lowest BCUT2D eigenvalue weighted by molar-refractivity contribution is -0.129. The molecule has 1 fully saturated rings. The molecule has 116 valence electrons. The topological polar surface area (TPSA) is 72.1 Å². The van der Waals surface area contributed by atoms with E-state index >= 15 is 0 Å². The van der Waals surface area contributed by atoms with Crippen molar-refractivity contribution in [1.82, 2.24) is 14.9 Å². The second kappa shape index (κ2) is 6.66. The van der Waals surface area contributed by atoms with E-state index in [0.717, 1.165) is 25.1 Å². The Morgan fingerprint density at radius 1 is 1.55 bits per heavy atom. The predicted molar refractivity (Wildman–Crippen MR) is 89.9 cm³/mol. The molecule has 2 aromatic rings. The lowest BCUT2D eigenvalue weighted by Gasteiger charge is -2.24. The summed E-state index contributed by atoms with van der Waals surface area (Å²) < 4.78 is 0. The van der Waals surface area contributed by atoms with Gasteiger partial charge in [-0.05, 0) is 42.2 Å². The van der Waals surface area contributed by atoms with E-state index in [-0.39, 0.29) is 11.9 Å². The van der Waals surface area contributed by atoms with Crippen molar-refractivity contribution in [3.05, 3.63) is 34.2 Å². The summed E-state index contributed by atoms with van der Waals surface area (Å²) in [6.07, 6.45) is 2.10. The predicted octanol–water partition coefficient (Wildman–Crippen LogP) is 2.88. The maximum Gasteiger partial charge on any atom is 0.233 e. The minimum Gasteiger partial charge on any atom is -0.384 e. The fourth-order valence-electron chi connectivity index (χ4n) is 2.72. The Balaban J connectivity index is 1.64. The van der Waals surface area contributed by atoms with Gasteiger partial charge in [-0.2, -0.15) is 11.3 Å². The number of nitrogens with zero attached hydrogens (tertiary/aromatic N) is 3. The maximum atomic E-state index is 12.5. The largest absolute Gasteiger partial charge is 0.384 e. The molecule has 1 amide bonds. The number of rotatable bonds is 4. The van der Waals surface area contributed by atoms with Crippen molar-refractivity contribution in [2.75, 3.05) is 18.0 Å². The minimum absolute atomic E-state index is 0.141. The molecule has 5 nitrogen and oxygen atoms in total. The number of anilines is 1. The molecule has 2 aromatic heterocycles. The van der Waals surface area contributed by atoms with Gasteiger partial charge in [-0.1, -0.05) is 11.8 Å². The summed E-state index contributed by atoms with van der Waals surface area (Å²) in [7, 11) is 0. The van der Waals surface area contributed by atoms with Gasteiger partial charge in [0.25, 0.3) is 0 Å². The van der Waals surface area contributed by atoms with Crippen molar-refractivity contribution in [2.45, 2.75) is 31.0 Å². The highest BCUT2D eigenvalue weighted by molar-refractivity contribution is 7.99. The molecule has 0 bridgehead atoms. The van der Waals surface area contributed by atoms with Gasteiger partial charge in [-0.25, -0.2) is 9.97 Å². The first kappa shape index (κ1) is 15.3. The number of carbonyl (C=O) groups is 1. The number of aryl methyl sites for hydroxylation is 1. The van der Waals surface area contributed by atoms with Crippen LogP contribution in [-0.2, 0) is 4.79 Å². The molecule has 0 spiro atoms. The highest BCUT2D eigenvalue weighted by Crippen LogP contribution is 2.33. The highest BCUT2D eigenvalue weighted by atomic mass is 32.2. The molecule has 0 saturated carbocycles. The Morgan fingerprint density at radius 3 is 3.14 bits per heavy atom. The van der Waals surface area contributed by atoms with Crippen LogP contribution in [0.5, 0.6) is 0 Å². The highest BCUT2D eigenvalue weighted by Gasteiger charge is 2.30. The minimum atomic E-state index is 0.141. The van der Waals surface area contributed by atoms with E-state index < -0.39 is 0 Å². The maximum absolute atomic E-state index is 12.5. The van der Waals surface area contributed by atoms with Crippen molar-refractivity contribution in [3.63, 3.8) is 0 Å². The average molecular weight is 334 g/mol. The van der Waals surface area contributed by atoms with Crippen molar-refractivity contribution in [2.24, 2.45) is 0 Å². The van der Waals surface area contributed by atoms with Crippen LogP contribution in [0, 0.1) is 6.92 Å². The van der Waals surface area contributed by atoms with E-state index in [1.165, 1.54) is 17.3 Å². The third kappa shape index (κ3) is 3.41. The Labute approximate surface area is 138 Å². The fraction of sp³-hybridized carbons (Fsp3) is 0.400. The zero-order chi connectivity index (χ0) is 15.5. The van der Waals surface area contributed by atoms with Crippen LogP contribution in [0.1, 0.15) is 30.1 Å². The van der Waals surface area contributed by atoms with Gasteiger partial charge in [0.15, 0.2) is 5.16 Å². The number of amides is 1. The van der Waals surface area contributed by atoms with Crippen molar-refractivity contribution >= 4 is 34.8 Å². The number of likely N-dealkylation sites (tertiary alicyclic amines) is 1. The number of carbonyl (C=O) groups excluding carboxylic acids is 1. The molecule has 1 saturated heterocycles. The molecular formula is C15H18N4OS2. The lowest BCUT2D eigenvalue weighted by Crippen LogP contribution is -2.31. The summed E-state index contributed by atoms with van der Waals surface area (Å²) in [5.41, 5.74) is 7.78. The Morgan fingerprint density at radius 2 is 2.41 bits per heavy atom. The van der Waals surface area contributed by atoms with Crippen LogP contribution in [0.4, 0.5) is 5.82 Å². The molecule has 7 heteroatoms. The fourth-order valence-corrected chi connectivity index (χ4v) is 4.22. The van der Waals surface area contributed by atoms with E-state index in [9.17, 15) is 4.79 Å². The number of hydrogen-bond donors (Lipinski definition) is 1. The molecule has 1 aliphatic rings. The normalized spacial score (nSPS) is 17.9. The molecule has 3 heterocycles. The molecule has 1 atom stereocenters. The van der Waals surface area contributed by atoms with Gasteiger partial charge in [-0.15, -0.1) is 0 Å². The van der Waals surface area contributed by atoms with E-state index in [2.05, 4.69) is 26.8 Å². The van der Waals surface area contributed by atoms with Crippen LogP contribution >= 0.6 is 23.1 Å². The molecular weight excluding hydrogens is 316 g/mol. The number of aromatic nitrogens is 2. The van der Waals surface area contributed by atoms with E-state index in [1.807, 2.05) is 11.8 Å². The number of thiophene rings is 1. The zero-order valence-electron chi connectivity index (χ0n) is 12.4. The van der Waals surface area contributed by atoms with Crippen LogP contribution in [0.2, 0.25) is 0 Å². The van der Waals surface area contributed by atoms with E-state index in [0.29, 0.717) is 16.7 Å². The Kier molecular flexibility index (Phi) is 4.63. The Hall–Kier alpha value is -1.60. The summed E-state index contributed by atoms with van der Waals surface area (Å²) in [4.78, 5) is 23.0. The average Bonchev–Trinajstić information content (AvgIpc) is 3.13. The first-order valence-electron chi connectivity index (χ1n) is 7.19. The summed E-state index contributed by atoms with van der Waals surface area (Å²) in [6, 6.07) is 4.06. The van der Waals surface area contributed by atoms with Crippen molar-refractivity contribution in [3.8, 4) is 0 Å². The smallest absolute Gasteiger partial charge is 0.233 e. The van der Waals surface area contributed by atoms with Gasteiger partial charge < -0.3 is 10.6 Å². The molecule has 0 aromatic carbocycles. The van der Waals surface area contributed by atoms with E-state index in [1.54, 1.807) is 17.4 Å². The van der Waals surface area contributed by atoms with Crippen LogP contribution in [0.25, 0.3) is 0 Å². The summed E-state index contributed by atoms with van der Waals surface area (Å²) in [5.74, 6) is 0.936.